The fourth-order valence-electron chi connectivity index (χ4n) is 5.92. The number of carbonyl (C=O) groups is 3. The lowest BCUT2D eigenvalue weighted by molar-refractivity contribution is -0.384. The Kier molecular flexibility index (Phi) is 6.87. The van der Waals surface area contributed by atoms with Crippen LogP contribution >= 0.6 is 23.1 Å². The van der Waals surface area contributed by atoms with Gasteiger partial charge in [0.2, 0.25) is 17.7 Å². The van der Waals surface area contributed by atoms with E-state index in [4.69, 9.17) is 0 Å². The SMILES string of the molecule is O=C(Cn1c2c(sc1=O)C(c1ccccc1)C1C(=O)N(c3ccc([N+](=O)[O-])cc3)C(=O)C1S2)Nc1cccc2ccccc12. The number of thiazole rings is 1. The van der Waals surface area contributed by atoms with E-state index >= 15 is 0 Å². The van der Waals surface area contributed by atoms with Crippen LogP contribution in [0.2, 0.25) is 0 Å². The Balaban J connectivity index is 1.26. The highest BCUT2D eigenvalue weighted by Crippen LogP contribution is 2.53. The molecule has 218 valence electrons. The fraction of sp³-hybridized carbons (Fsp3) is 0.125. The fourth-order valence-corrected chi connectivity index (χ4v) is 8.69. The van der Waals surface area contributed by atoms with Crippen LogP contribution in [-0.2, 0) is 20.9 Å². The van der Waals surface area contributed by atoms with Crippen LogP contribution in [0.4, 0.5) is 17.1 Å². The Morgan fingerprint density at radius 2 is 1.57 bits per heavy atom. The lowest BCUT2D eigenvalue weighted by atomic mass is 9.83. The maximum absolute atomic E-state index is 14.0. The molecule has 0 saturated carbocycles. The zero-order valence-electron chi connectivity index (χ0n) is 22.8. The zero-order valence-corrected chi connectivity index (χ0v) is 24.4. The van der Waals surface area contributed by atoms with Crippen molar-refractivity contribution in [1.29, 1.82) is 0 Å². The molecule has 5 aromatic rings. The molecule has 0 radical (unpaired) electrons. The van der Waals surface area contributed by atoms with Crippen LogP contribution in [0.25, 0.3) is 10.8 Å². The maximum atomic E-state index is 14.0. The Hall–Kier alpha value is -5.07. The second-order valence-electron chi connectivity index (χ2n) is 10.4. The highest BCUT2D eigenvalue weighted by molar-refractivity contribution is 8.00. The summed E-state index contributed by atoms with van der Waals surface area (Å²) >= 11 is 2.09. The van der Waals surface area contributed by atoms with Crippen LogP contribution in [-0.4, -0.2) is 32.5 Å². The van der Waals surface area contributed by atoms with Gasteiger partial charge in [0, 0.05) is 34.0 Å². The predicted octanol–water partition coefficient (Wildman–Crippen LogP) is 5.41. The first-order chi connectivity index (χ1) is 21.3. The molecule has 3 atom stereocenters. The van der Waals surface area contributed by atoms with Crippen molar-refractivity contribution >= 4 is 68.7 Å². The van der Waals surface area contributed by atoms with E-state index in [2.05, 4.69) is 5.32 Å². The third kappa shape index (κ3) is 4.59. The predicted molar refractivity (Wildman–Crippen MR) is 168 cm³/mol. The second kappa shape index (κ2) is 10.9. The van der Waals surface area contributed by atoms with Crippen LogP contribution < -0.4 is 15.1 Å². The van der Waals surface area contributed by atoms with E-state index in [1.165, 1.54) is 28.8 Å². The molecule has 44 heavy (non-hydrogen) atoms. The first-order valence-corrected chi connectivity index (χ1v) is 15.4. The van der Waals surface area contributed by atoms with Gasteiger partial charge < -0.3 is 5.32 Å². The molecule has 3 amide bonds. The summed E-state index contributed by atoms with van der Waals surface area (Å²) in [7, 11) is 0. The van der Waals surface area contributed by atoms with Gasteiger partial charge in [-0.15, -0.1) is 0 Å². The van der Waals surface area contributed by atoms with Gasteiger partial charge in [0.25, 0.3) is 5.69 Å². The molecule has 1 N–H and O–H groups in total. The molecule has 10 nitrogen and oxygen atoms in total. The molecule has 0 spiro atoms. The quantitative estimate of drug-likeness (QED) is 0.152. The number of nitrogens with zero attached hydrogens (tertiary/aromatic N) is 3. The Morgan fingerprint density at radius 1 is 0.864 bits per heavy atom. The van der Waals surface area contributed by atoms with Gasteiger partial charge in [0.05, 0.1) is 21.6 Å². The molecule has 4 aromatic carbocycles. The summed E-state index contributed by atoms with van der Waals surface area (Å²) in [4.78, 5) is 66.5. The topological polar surface area (TPSA) is 132 Å². The van der Waals surface area contributed by atoms with E-state index in [1.807, 2.05) is 66.7 Å². The van der Waals surface area contributed by atoms with Crippen molar-refractivity contribution in [3.05, 3.63) is 127 Å². The van der Waals surface area contributed by atoms with Crippen LogP contribution in [0.1, 0.15) is 16.4 Å². The number of non-ortho nitro benzene ring substituents is 1. The summed E-state index contributed by atoms with van der Waals surface area (Å²) in [6.45, 7) is -0.270. The Bertz CT molecular complexity index is 2030. The van der Waals surface area contributed by atoms with Crippen molar-refractivity contribution in [3.63, 3.8) is 0 Å². The number of thioether (sulfide) groups is 1. The van der Waals surface area contributed by atoms with E-state index < -0.39 is 39.7 Å². The molecule has 2 aliphatic rings. The monoisotopic (exact) mass is 622 g/mol. The van der Waals surface area contributed by atoms with E-state index in [0.717, 1.165) is 44.3 Å². The molecule has 0 bridgehead atoms. The summed E-state index contributed by atoms with van der Waals surface area (Å²) in [5, 5.41) is 15.5. The number of imide groups is 1. The molecule has 3 unspecified atom stereocenters. The van der Waals surface area contributed by atoms with Crippen LogP contribution in [0.15, 0.2) is 107 Å². The normalized spacial score (nSPS) is 19.1. The lowest BCUT2D eigenvalue weighted by Crippen LogP contribution is -2.33. The minimum atomic E-state index is -0.864. The van der Waals surface area contributed by atoms with Crippen molar-refractivity contribution < 1.29 is 19.3 Å². The van der Waals surface area contributed by atoms with E-state index in [9.17, 15) is 29.3 Å². The minimum absolute atomic E-state index is 0.158. The molecular weight excluding hydrogens is 601 g/mol. The van der Waals surface area contributed by atoms with Gasteiger partial charge in [-0.25, -0.2) is 4.90 Å². The van der Waals surface area contributed by atoms with Gasteiger partial charge in [0.1, 0.15) is 11.8 Å². The number of nitro benzene ring substituents is 1. The number of hydrogen-bond acceptors (Lipinski definition) is 8. The molecule has 7 rings (SSSR count). The van der Waals surface area contributed by atoms with Crippen molar-refractivity contribution in [2.24, 2.45) is 5.92 Å². The van der Waals surface area contributed by atoms with Gasteiger partial charge in [0.15, 0.2) is 0 Å². The van der Waals surface area contributed by atoms with Crippen molar-refractivity contribution in [2.45, 2.75) is 22.7 Å². The van der Waals surface area contributed by atoms with Gasteiger partial charge in [-0.2, -0.15) is 0 Å². The second-order valence-corrected chi connectivity index (χ2v) is 12.6. The van der Waals surface area contributed by atoms with Gasteiger partial charge in [-0.3, -0.25) is 33.9 Å². The number of anilines is 2. The van der Waals surface area contributed by atoms with E-state index in [1.54, 1.807) is 6.07 Å². The summed E-state index contributed by atoms with van der Waals surface area (Å²) < 4.78 is 1.38. The summed E-state index contributed by atoms with van der Waals surface area (Å²) in [6.07, 6.45) is 0. The Labute approximate surface area is 258 Å². The van der Waals surface area contributed by atoms with Crippen molar-refractivity contribution in [1.82, 2.24) is 4.57 Å². The van der Waals surface area contributed by atoms with Gasteiger partial charge in [-0.1, -0.05) is 89.8 Å². The van der Waals surface area contributed by atoms with E-state index in [0.29, 0.717) is 15.6 Å². The number of nitrogens with one attached hydrogen (secondary N) is 1. The lowest BCUT2D eigenvalue weighted by Gasteiger charge is -2.30. The summed E-state index contributed by atoms with van der Waals surface area (Å²) in [5.74, 6) is -2.73. The zero-order chi connectivity index (χ0) is 30.5. The van der Waals surface area contributed by atoms with Crippen LogP contribution in [0, 0.1) is 16.0 Å². The van der Waals surface area contributed by atoms with Crippen LogP contribution in [0.3, 0.4) is 0 Å². The number of benzene rings is 4. The molecule has 3 heterocycles. The minimum Gasteiger partial charge on any atom is -0.324 e. The van der Waals surface area contributed by atoms with Gasteiger partial charge in [-0.05, 0) is 29.1 Å². The third-order valence-corrected chi connectivity index (χ3v) is 10.5. The largest absolute Gasteiger partial charge is 0.324 e. The number of nitro groups is 1. The van der Waals surface area contributed by atoms with Crippen molar-refractivity contribution in [3.8, 4) is 0 Å². The van der Waals surface area contributed by atoms with Crippen molar-refractivity contribution in [2.75, 3.05) is 10.2 Å². The highest BCUT2D eigenvalue weighted by atomic mass is 32.2. The van der Waals surface area contributed by atoms with Gasteiger partial charge >= 0.3 is 4.87 Å². The molecule has 2 aliphatic heterocycles. The first-order valence-electron chi connectivity index (χ1n) is 13.7. The molecule has 1 saturated heterocycles. The first kappa shape index (κ1) is 27.7. The number of fused-ring (bicyclic) bond motifs is 3. The summed E-state index contributed by atoms with van der Waals surface area (Å²) in [5.41, 5.74) is 1.47. The average molecular weight is 623 g/mol. The Morgan fingerprint density at radius 3 is 2.32 bits per heavy atom. The number of amides is 3. The maximum Gasteiger partial charge on any atom is 0.308 e. The molecule has 0 aliphatic carbocycles. The molecule has 12 heteroatoms. The number of hydrogen-bond donors (Lipinski definition) is 1. The van der Waals surface area contributed by atoms with E-state index in [-0.39, 0.29) is 22.8 Å². The molecule has 1 aromatic heterocycles. The third-order valence-electron chi connectivity index (χ3n) is 7.89. The number of rotatable bonds is 6. The number of aromatic nitrogens is 1. The standard InChI is InChI=1S/C32H22N4O6S2/c37-24(33-23-12-6-10-18-7-4-5-11-22(18)23)17-34-31-28(44-32(34)40)25(19-8-2-1-3-9-19)26-27(43-31)30(39)35(29(26)38)20-13-15-21(16-14-20)36(41)42/h1-16,25-27H,17H2,(H,33,37). The molecular formula is C32H22N4O6S2. The highest BCUT2D eigenvalue weighted by Gasteiger charge is 2.56. The van der Waals surface area contributed by atoms with Crippen LogP contribution in [0.5, 0.6) is 0 Å². The summed E-state index contributed by atoms with van der Waals surface area (Å²) in [6, 6.07) is 27.7. The smallest absolute Gasteiger partial charge is 0.308 e. The molecule has 1 fully saturated rings. The number of carbonyl (C=O) groups excluding carboxylic acids is 3. The average Bonchev–Trinajstić information content (AvgIpc) is 3.47.